The maximum Gasteiger partial charge on any atom is 0.217 e. The van der Waals surface area contributed by atoms with Gasteiger partial charge in [-0.1, -0.05) is 24.3 Å². The monoisotopic (exact) mass is 463 g/mol. The first-order chi connectivity index (χ1) is 16.0. The van der Waals surface area contributed by atoms with E-state index < -0.39 is 10.0 Å². The first-order valence-electron chi connectivity index (χ1n) is 11.2. The molecular weight excluding hydrogens is 437 g/mol. The molecule has 2 aromatic carbocycles. The standard InChI is InChI=1S/C26H26FN3O2S/c27-24-18-21(17-23(19-24)22-9-11-28-12-10-22)2-1-20-3-5-25(6-4-20)29-13-15-30(16-14-29)33(31,32)26-7-8-26/h1-6,9-12,17-19,26H,7-8,13-16H2/b2-1+. The second-order valence-corrected chi connectivity index (χ2v) is 10.8. The highest BCUT2D eigenvalue weighted by Gasteiger charge is 2.40. The summed E-state index contributed by atoms with van der Waals surface area (Å²) in [6.45, 7) is 2.48. The van der Waals surface area contributed by atoms with Gasteiger partial charge in [-0.25, -0.2) is 12.8 Å². The van der Waals surface area contributed by atoms with Crippen molar-refractivity contribution in [2.45, 2.75) is 18.1 Å². The summed E-state index contributed by atoms with van der Waals surface area (Å²) in [6, 6.07) is 16.9. The number of nitrogens with zero attached hydrogens (tertiary/aromatic N) is 3. The molecule has 5 rings (SSSR count). The van der Waals surface area contributed by atoms with E-state index in [2.05, 4.69) is 22.0 Å². The molecule has 2 aliphatic rings. The predicted molar refractivity (Wildman–Crippen MR) is 131 cm³/mol. The minimum absolute atomic E-state index is 0.144. The Morgan fingerprint density at radius 2 is 1.48 bits per heavy atom. The van der Waals surface area contributed by atoms with Gasteiger partial charge in [0.15, 0.2) is 0 Å². The Balaban J connectivity index is 1.24. The lowest BCUT2D eigenvalue weighted by Crippen LogP contribution is -2.49. The lowest BCUT2D eigenvalue weighted by molar-refractivity contribution is 0.384. The molecule has 0 unspecified atom stereocenters. The van der Waals surface area contributed by atoms with E-state index in [1.165, 1.54) is 12.1 Å². The molecule has 0 radical (unpaired) electrons. The van der Waals surface area contributed by atoms with Crippen molar-refractivity contribution in [2.24, 2.45) is 0 Å². The van der Waals surface area contributed by atoms with Crippen LogP contribution in [0.15, 0.2) is 67.0 Å². The van der Waals surface area contributed by atoms with Gasteiger partial charge in [0.1, 0.15) is 5.82 Å². The van der Waals surface area contributed by atoms with Gasteiger partial charge in [0.05, 0.1) is 5.25 Å². The van der Waals surface area contributed by atoms with Gasteiger partial charge in [-0.05, 0) is 77.6 Å². The molecule has 170 valence electrons. The van der Waals surface area contributed by atoms with E-state index in [1.54, 1.807) is 16.7 Å². The number of rotatable bonds is 6. The lowest BCUT2D eigenvalue weighted by atomic mass is 10.0. The number of sulfonamides is 1. The average Bonchev–Trinajstić information content (AvgIpc) is 3.70. The van der Waals surface area contributed by atoms with Crippen LogP contribution >= 0.6 is 0 Å². The fraction of sp³-hybridized carbons (Fsp3) is 0.269. The van der Waals surface area contributed by atoms with Crippen LogP contribution < -0.4 is 4.90 Å². The van der Waals surface area contributed by atoms with Crippen LogP contribution in [0.2, 0.25) is 0 Å². The Labute approximate surface area is 194 Å². The largest absolute Gasteiger partial charge is 0.369 e. The molecule has 1 aliphatic heterocycles. The number of hydrogen-bond acceptors (Lipinski definition) is 4. The third-order valence-corrected chi connectivity index (χ3v) is 8.60. The van der Waals surface area contributed by atoms with Gasteiger partial charge in [-0.15, -0.1) is 0 Å². The van der Waals surface area contributed by atoms with E-state index in [-0.39, 0.29) is 11.1 Å². The molecule has 2 fully saturated rings. The van der Waals surface area contributed by atoms with Crippen LogP contribution in [0.5, 0.6) is 0 Å². The summed E-state index contributed by atoms with van der Waals surface area (Å²) in [4.78, 5) is 6.24. The van der Waals surface area contributed by atoms with E-state index >= 15 is 0 Å². The highest BCUT2D eigenvalue weighted by atomic mass is 32.2. The SMILES string of the molecule is O=S(=O)(C1CC1)N1CCN(c2ccc(/C=C/c3cc(F)cc(-c4ccncc4)c3)cc2)CC1. The second-order valence-electron chi connectivity index (χ2n) is 8.56. The number of pyridine rings is 1. The normalized spacial score (nSPS) is 17.5. The summed E-state index contributed by atoms with van der Waals surface area (Å²) >= 11 is 0. The molecule has 33 heavy (non-hydrogen) atoms. The Morgan fingerprint density at radius 1 is 0.818 bits per heavy atom. The van der Waals surface area contributed by atoms with Crippen molar-refractivity contribution in [2.75, 3.05) is 31.1 Å². The number of halogens is 1. The van der Waals surface area contributed by atoms with Crippen LogP contribution in [0.3, 0.4) is 0 Å². The summed E-state index contributed by atoms with van der Waals surface area (Å²) in [7, 11) is -3.09. The van der Waals surface area contributed by atoms with Crippen LogP contribution in [0.4, 0.5) is 10.1 Å². The van der Waals surface area contributed by atoms with Crippen molar-refractivity contribution < 1.29 is 12.8 Å². The molecular formula is C26H26FN3O2S. The van der Waals surface area contributed by atoms with E-state index in [0.717, 1.165) is 40.8 Å². The third-order valence-electron chi connectivity index (χ3n) is 6.20. The van der Waals surface area contributed by atoms with Gasteiger partial charge in [0.25, 0.3) is 0 Å². The van der Waals surface area contributed by atoms with Crippen molar-refractivity contribution in [1.82, 2.24) is 9.29 Å². The number of anilines is 1. The number of hydrogen-bond donors (Lipinski definition) is 0. The van der Waals surface area contributed by atoms with Crippen molar-refractivity contribution in [1.29, 1.82) is 0 Å². The molecule has 1 saturated heterocycles. The zero-order chi connectivity index (χ0) is 22.8. The van der Waals surface area contributed by atoms with Crippen molar-refractivity contribution >= 4 is 27.9 Å². The second kappa shape index (κ2) is 9.08. The van der Waals surface area contributed by atoms with Gasteiger partial charge in [0.2, 0.25) is 10.0 Å². The maximum atomic E-state index is 14.2. The maximum absolute atomic E-state index is 14.2. The van der Waals surface area contributed by atoms with Gasteiger partial charge in [-0.3, -0.25) is 4.98 Å². The third kappa shape index (κ3) is 4.99. The molecule has 0 spiro atoms. The zero-order valence-corrected chi connectivity index (χ0v) is 19.1. The van der Waals surface area contributed by atoms with Crippen molar-refractivity contribution in [3.05, 3.63) is 83.9 Å². The lowest BCUT2D eigenvalue weighted by Gasteiger charge is -2.35. The van der Waals surface area contributed by atoms with E-state index in [1.807, 2.05) is 42.5 Å². The molecule has 0 N–H and O–H groups in total. The number of benzene rings is 2. The number of aromatic nitrogens is 1. The minimum Gasteiger partial charge on any atom is -0.369 e. The summed E-state index contributed by atoms with van der Waals surface area (Å²) in [5.41, 5.74) is 4.63. The van der Waals surface area contributed by atoms with Crippen LogP contribution in [-0.4, -0.2) is 49.1 Å². The number of piperazine rings is 1. The Morgan fingerprint density at radius 3 is 2.15 bits per heavy atom. The Hall–Kier alpha value is -3.03. The molecule has 5 nitrogen and oxygen atoms in total. The molecule has 1 aliphatic carbocycles. The summed E-state index contributed by atoms with van der Waals surface area (Å²) < 4.78 is 40.6. The van der Waals surface area contributed by atoms with Crippen molar-refractivity contribution in [3.63, 3.8) is 0 Å². The summed E-state index contributed by atoms with van der Waals surface area (Å²) in [6.07, 6.45) is 8.88. The van der Waals surface area contributed by atoms with E-state index in [9.17, 15) is 12.8 Å². The molecule has 0 bridgehead atoms. The summed E-state index contributed by atoms with van der Waals surface area (Å²) in [5.74, 6) is -0.276. The van der Waals surface area contributed by atoms with Gasteiger partial charge in [0, 0.05) is 44.3 Å². The van der Waals surface area contributed by atoms with Gasteiger partial charge < -0.3 is 4.90 Å². The fourth-order valence-electron chi connectivity index (χ4n) is 4.19. The molecule has 7 heteroatoms. The zero-order valence-electron chi connectivity index (χ0n) is 18.3. The molecule has 2 heterocycles. The molecule has 1 aromatic heterocycles. The average molecular weight is 464 g/mol. The quantitative estimate of drug-likeness (QED) is 0.499. The Kier molecular flexibility index (Phi) is 6.00. The van der Waals surface area contributed by atoms with Gasteiger partial charge >= 0.3 is 0 Å². The predicted octanol–water partition coefficient (Wildman–Crippen LogP) is 4.67. The van der Waals surface area contributed by atoms with Crippen molar-refractivity contribution in [3.8, 4) is 11.1 Å². The van der Waals surface area contributed by atoms with Crippen LogP contribution in [0.1, 0.15) is 24.0 Å². The first-order valence-corrected chi connectivity index (χ1v) is 12.7. The van der Waals surface area contributed by atoms with E-state index in [0.29, 0.717) is 26.2 Å². The van der Waals surface area contributed by atoms with Gasteiger partial charge in [-0.2, -0.15) is 4.31 Å². The molecule has 1 saturated carbocycles. The van der Waals surface area contributed by atoms with Crippen LogP contribution in [-0.2, 0) is 10.0 Å². The fourth-order valence-corrected chi connectivity index (χ4v) is 6.01. The highest BCUT2D eigenvalue weighted by Crippen LogP contribution is 2.32. The topological polar surface area (TPSA) is 53.5 Å². The first kappa shape index (κ1) is 21.8. The smallest absolute Gasteiger partial charge is 0.217 e. The molecule has 3 aromatic rings. The van der Waals surface area contributed by atoms with Crippen LogP contribution in [0.25, 0.3) is 23.3 Å². The van der Waals surface area contributed by atoms with E-state index in [4.69, 9.17) is 0 Å². The Bertz CT molecular complexity index is 1250. The van der Waals surface area contributed by atoms with Crippen LogP contribution in [0, 0.1) is 5.82 Å². The summed E-state index contributed by atoms with van der Waals surface area (Å²) in [5, 5.41) is -0.144. The minimum atomic E-state index is -3.09. The molecule has 0 atom stereocenters. The highest BCUT2D eigenvalue weighted by molar-refractivity contribution is 7.90. The molecule has 0 amide bonds.